The van der Waals surface area contributed by atoms with Gasteiger partial charge >= 0.3 is 11.9 Å². The van der Waals surface area contributed by atoms with Gasteiger partial charge in [-0.3, -0.25) is 4.79 Å². The van der Waals surface area contributed by atoms with E-state index < -0.39 is 11.9 Å². The van der Waals surface area contributed by atoms with E-state index >= 15 is 0 Å². The van der Waals surface area contributed by atoms with Gasteiger partial charge in [0.05, 0.1) is 12.0 Å². The molecular weight excluding hydrogens is 234 g/mol. The maximum Gasteiger partial charge on any atom is 0.335 e. The molecule has 0 atom stereocenters. The smallest absolute Gasteiger partial charge is 0.335 e. The minimum Gasteiger partial charge on any atom is -0.481 e. The van der Waals surface area contributed by atoms with Crippen LogP contribution in [0.25, 0.3) is 0 Å². The number of carbonyl (C=O) groups is 2. The molecule has 0 bridgehead atoms. The Morgan fingerprint density at radius 1 is 1.33 bits per heavy atom. The van der Waals surface area contributed by atoms with Crippen LogP contribution >= 0.6 is 0 Å². The number of nitrogens with zero attached hydrogens (tertiary/aromatic N) is 1. The molecule has 1 rings (SSSR count). The number of carboxylic acid groups (broad SMARTS) is 2. The predicted molar refractivity (Wildman–Crippen MR) is 68.1 cm³/mol. The van der Waals surface area contributed by atoms with Crippen molar-refractivity contribution in [2.24, 2.45) is 0 Å². The fraction of sp³-hybridized carbons (Fsp3) is 0.231. The molecule has 1 aromatic rings. The lowest BCUT2D eigenvalue weighted by atomic mass is 10.2. The Balaban J connectivity index is 2.90. The van der Waals surface area contributed by atoms with Crippen molar-refractivity contribution in [3.05, 3.63) is 42.5 Å². The molecule has 0 aliphatic carbocycles. The first-order valence-electron chi connectivity index (χ1n) is 5.45. The second-order valence-electron chi connectivity index (χ2n) is 3.73. The molecule has 2 N–H and O–H groups in total. The summed E-state index contributed by atoms with van der Waals surface area (Å²) in [5, 5.41) is 17.6. The van der Waals surface area contributed by atoms with Gasteiger partial charge in [0.2, 0.25) is 0 Å². The summed E-state index contributed by atoms with van der Waals surface area (Å²) in [6, 6.07) is 6.40. The van der Waals surface area contributed by atoms with Crippen LogP contribution in [-0.2, 0) is 4.79 Å². The van der Waals surface area contributed by atoms with E-state index in [-0.39, 0.29) is 12.0 Å². The summed E-state index contributed by atoms with van der Waals surface area (Å²) in [4.78, 5) is 23.2. The average molecular weight is 249 g/mol. The molecule has 0 amide bonds. The number of hydrogen-bond acceptors (Lipinski definition) is 3. The highest BCUT2D eigenvalue weighted by atomic mass is 16.4. The van der Waals surface area contributed by atoms with Gasteiger partial charge in [0.1, 0.15) is 0 Å². The Hall–Kier alpha value is -2.30. The lowest BCUT2D eigenvalue weighted by molar-refractivity contribution is -0.136. The number of hydrogen-bond donors (Lipinski definition) is 2. The zero-order valence-electron chi connectivity index (χ0n) is 9.87. The molecule has 18 heavy (non-hydrogen) atoms. The highest BCUT2D eigenvalue weighted by molar-refractivity contribution is 5.88. The van der Waals surface area contributed by atoms with E-state index in [1.54, 1.807) is 23.1 Å². The molecular formula is C13H15NO4. The Morgan fingerprint density at radius 2 is 2.06 bits per heavy atom. The first-order valence-corrected chi connectivity index (χ1v) is 5.45. The minimum absolute atomic E-state index is 0.00879. The van der Waals surface area contributed by atoms with Crippen molar-refractivity contribution in [1.82, 2.24) is 0 Å². The van der Waals surface area contributed by atoms with Crippen molar-refractivity contribution in [3.8, 4) is 0 Å². The molecule has 0 aromatic heterocycles. The van der Waals surface area contributed by atoms with Gasteiger partial charge in [0, 0.05) is 18.8 Å². The first-order chi connectivity index (χ1) is 8.54. The van der Waals surface area contributed by atoms with Crippen LogP contribution < -0.4 is 4.90 Å². The third-order valence-electron chi connectivity index (χ3n) is 2.40. The SMILES string of the molecule is C=CCN(CCC(=O)O)c1cccc(C(=O)O)c1. The third kappa shape index (κ3) is 3.93. The standard InChI is InChI=1S/C13H15NO4/c1-2-7-14(8-6-12(15)16)11-5-3-4-10(9-11)13(17)18/h2-5,9H,1,6-8H2,(H,15,16)(H,17,18). The predicted octanol–water partition coefficient (Wildman–Crippen LogP) is 1.85. The second-order valence-corrected chi connectivity index (χ2v) is 3.73. The molecule has 0 saturated carbocycles. The van der Waals surface area contributed by atoms with Crippen molar-refractivity contribution in [3.63, 3.8) is 0 Å². The van der Waals surface area contributed by atoms with Gasteiger partial charge in [-0.2, -0.15) is 0 Å². The summed E-state index contributed by atoms with van der Waals surface area (Å²) in [6.45, 7) is 4.38. The second kappa shape index (κ2) is 6.44. The van der Waals surface area contributed by atoms with E-state index in [0.29, 0.717) is 18.8 Å². The highest BCUT2D eigenvalue weighted by Crippen LogP contribution is 2.16. The highest BCUT2D eigenvalue weighted by Gasteiger charge is 2.10. The van der Waals surface area contributed by atoms with Crippen molar-refractivity contribution >= 4 is 17.6 Å². The fourth-order valence-electron chi connectivity index (χ4n) is 1.55. The summed E-state index contributed by atoms with van der Waals surface area (Å²) >= 11 is 0. The van der Waals surface area contributed by atoms with E-state index in [1.807, 2.05) is 0 Å². The molecule has 0 heterocycles. The number of aromatic carboxylic acids is 1. The number of carboxylic acids is 2. The monoisotopic (exact) mass is 249 g/mol. The molecule has 5 nitrogen and oxygen atoms in total. The largest absolute Gasteiger partial charge is 0.481 e. The number of rotatable bonds is 7. The molecule has 0 fully saturated rings. The van der Waals surface area contributed by atoms with Gasteiger partial charge in [-0.05, 0) is 18.2 Å². The quantitative estimate of drug-likeness (QED) is 0.721. The maximum absolute atomic E-state index is 10.9. The van der Waals surface area contributed by atoms with E-state index in [9.17, 15) is 9.59 Å². The topological polar surface area (TPSA) is 77.8 Å². The van der Waals surface area contributed by atoms with Gasteiger partial charge < -0.3 is 15.1 Å². The van der Waals surface area contributed by atoms with Crippen LogP contribution in [0.1, 0.15) is 16.8 Å². The zero-order valence-corrected chi connectivity index (χ0v) is 9.87. The van der Waals surface area contributed by atoms with Crippen LogP contribution in [0.15, 0.2) is 36.9 Å². The van der Waals surface area contributed by atoms with E-state index in [0.717, 1.165) is 0 Å². The average Bonchev–Trinajstić information content (AvgIpc) is 2.34. The van der Waals surface area contributed by atoms with E-state index in [2.05, 4.69) is 6.58 Å². The van der Waals surface area contributed by atoms with Crippen LogP contribution in [0, 0.1) is 0 Å². The summed E-state index contributed by atoms with van der Waals surface area (Å²) in [6.07, 6.45) is 1.64. The number of anilines is 1. The Morgan fingerprint density at radius 3 is 2.61 bits per heavy atom. The van der Waals surface area contributed by atoms with Crippen molar-refractivity contribution in [2.45, 2.75) is 6.42 Å². The zero-order chi connectivity index (χ0) is 13.5. The van der Waals surface area contributed by atoms with Crippen LogP contribution in [0.2, 0.25) is 0 Å². The molecule has 0 aliphatic rings. The van der Waals surface area contributed by atoms with Crippen molar-refractivity contribution in [1.29, 1.82) is 0 Å². The maximum atomic E-state index is 10.9. The molecule has 5 heteroatoms. The molecule has 0 radical (unpaired) electrons. The van der Waals surface area contributed by atoms with Gasteiger partial charge in [0.15, 0.2) is 0 Å². The fourth-order valence-corrected chi connectivity index (χ4v) is 1.55. The van der Waals surface area contributed by atoms with Crippen molar-refractivity contribution < 1.29 is 19.8 Å². The first kappa shape index (κ1) is 13.8. The summed E-state index contributed by atoms with van der Waals surface area (Å²) in [5.74, 6) is -1.90. The van der Waals surface area contributed by atoms with Gasteiger partial charge in [-0.1, -0.05) is 12.1 Å². The Labute approximate surface area is 105 Å². The molecule has 0 aliphatic heterocycles. The van der Waals surface area contributed by atoms with Crippen LogP contribution in [-0.4, -0.2) is 35.2 Å². The number of aliphatic carboxylic acids is 1. The molecule has 0 saturated heterocycles. The third-order valence-corrected chi connectivity index (χ3v) is 2.40. The Kier molecular flexibility index (Phi) is 4.92. The van der Waals surface area contributed by atoms with Gasteiger partial charge in [0.25, 0.3) is 0 Å². The van der Waals surface area contributed by atoms with Gasteiger partial charge in [-0.25, -0.2) is 4.79 Å². The van der Waals surface area contributed by atoms with Crippen LogP contribution in [0.4, 0.5) is 5.69 Å². The summed E-state index contributed by atoms with van der Waals surface area (Å²) < 4.78 is 0. The number of benzene rings is 1. The van der Waals surface area contributed by atoms with Crippen LogP contribution in [0.3, 0.4) is 0 Å². The molecule has 0 unspecified atom stereocenters. The van der Waals surface area contributed by atoms with E-state index in [4.69, 9.17) is 10.2 Å². The normalized spacial score (nSPS) is 9.78. The Bertz CT molecular complexity index is 456. The van der Waals surface area contributed by atoms with Crippen molar-refractivity contribution in [2.75, 3.05) is 18.0 Å². The molecule has 0 spiro atoms. The lowest BCUT2D eigenvalue weighted by Crippen LogP contribution is -2.26. The minimum atomic E-state index is -1.01. The summed E-state index contributed by atoms with van der Waals surface area (Å²) in [7, 11) is 0. The molecule has 1 aromatic carbocycles. The summed E-state index contributed by atoms with van der Waals surface area (Å²) in [5.41, 5.74) is 0.855. The van der Waals surface area contributed by atoms with Gasteiger partial charge in [-0.15, -0.1) is 6.58 Å². The lowest BCUT2D eigenvalue weighted by Gasteiger charge is -2.22. The molecule has 96 valence electrons. The van der Waals surface area contributed by atoms with Crippen LogP contribution in [0.5, 0.6) is 0 Å². The van der Waals surface area contributed by atoms with E-state index in [1.165, 1.54) is 12.1 Å².